The number of rotatable bonds is 12. The summed E-state index contributed by atoms with van der Waals surface area (Å²) in [6, 6.07) is 0. The third-order valence-corrected chi connectivity index (χ3v) is 9.78. The number of hydrogen-bond acceptors (Lipinski definition) is 7. The minimum Gasteiger partial charge on any atom is -0.343 e. The summed E-state index contributed by atoms with van der Waals surface area (Å²) in [5, 5.41) is -1.27. The highest BCUT2D eigenvalue weighted by Gasteiger charge is 2.52. The molecule has 148 valence electrons. The van der Waals surface area contributed by atoms with Crippen LogP contribution in [0.5, 0.6) is 0 Å². The molecule has 0 radical (unpaired) electrons. The maximum absolute atomic E-state index is 13.3. The first kappa shape index (κ1) is 22.8. The minimum absolute atomic E-state index is 0.101. The quantitative estimate of drug-likeness (QED) is 0.460. The van der Waals surface area contributed by atoms with E-state index in [1.165, 1.54) is 0 Å². The van der Waals surface area contributed by atoms with E-state index in [9.17, 15) is 13.9 Å². The highest BCUT2D eigenvalue weighted by molar-refractivity contribution is 7.72. The van der Waals surface area contributed by atoms with Gasteiger partial charge in [-0.25, -0.2) is 0 Å². The molecule has 1 saturated heterocycles. The lowest BCUT2D eigenvalue weighted by molar-refractivity contribution is -0.130. The summed E-state index contributed by atoms with van der Waals surface area (Å²) in [5.41, 5.74) is 0. The standard InChI is InChI=1S/C15H31NO7P2/c1-5-20-24(18,21-6-2)15(25(19,22-7-3)23-8-4)13-14(17)16-11-9-10-12-16/h15H,5-13H2,1-4H3. The molecule has 0 N–H and O–H groups in total. The SMILES string of the molecule is CCOP(=O)(OCC)C(CC(=O)N1CCCC1)P(=O)(OCC)OCC. The van der Waals surface area contributed by atoms with E-state index in [-0.39, 0.29) is 38.8 Å². The maximum atomic E-state index is 13.3. The second kappa shape index (κ2) is 10.8. The molecule has 1 aliphatic heterocycles. The highest BCUT2D eigenvalue weighted by atomic mass is 31.2. The summed E-state index contributed by atoms with van der Waals surface area (Å²) in [6.07, 6.45) is 1.60. The molecule has 0 atom stereocenters. The van der Waals surface area contributed by atoms with Crippen LogP contribution in [0, 0.1) is 0 Å². The molecule has 0 aromatic carbocycles. The molecule has 1 aliphatic rings. The van der Waals surface area contributed by atoms with Gasteiger partial charge in [0.25, 0.3) is 0 Å². The Morgan fingerprint density at radius 2 is 1.20 bits per heavy atom. The van der Waals surface area contributed by atoms with Gasteiger partial charge in [-0.2, -0.15) is 0 Å². The third-order valence-electron chi connectivity index (χ3n) is 3.78. The van der Waals surface area contributed by atoms with Crippen molar-refractivity contribution in [2.24, 2.45) is 0 Å². The van der Waals surface area contributed by atoms with E-state index in [0.29, 0.717) is 13.1 Å². The van der Waals surface area contributed by atoms with Crippen LogP contribution in [-0.4, -0.2) is 55.7 Å². The van der Waals surface area contributed by atoms with Crippen molar-refractivity contribution >= 4 is 21.1 Å². The van der Waals surface area contributed by atoms with E-state index in [0.717, 1.165) is 12.8 Å². The van der Waals surface area contributed by atoms with Gasteiger partial charge in [-0.3, -0.25) is 13.9 Å². The molecule has 0 saturated carbocycles. The van der Waals surface area contributed by atoms with Gasteiger partial charge >= 0.3 is 15.2 Å². The van der Waals surface area contributed by atoms with Crippen molar-refractivity contribution in [2.45, 2.75) is 52.4 Å². The monoisotopic (exact) mass is 399 g/mol. The van der Waals surface area contributed by atoms with Crippen molar-refractivity contribution in [1.29, 1.82) is 0 Å². The van der Waals surface area contributed by atoms with Crippen molar-refractivity contribution in [2.75, 3.05) is 39.5 Å². The first-order valence-electron chi connectivity index (χ1n) is 8.92. The van der Waals surface area contributed by atoms with Crippen LogP contribution in [-0.2, 0) is 32.0 Å². The van der Waals surface area contributed by atoms with Gasteiger partial charge in [-0.05, 0) is 40.5 Å². The molecule has 8 nitrogen and oxygen atoms in total. The molecule has 1 fully saturated rings. The topological polar surface area (TPSA) is 91.4 Å². The molecule has 0 aromatic rings. The Balaban J connectivity index is 3.20. The van der Waals surface area contributed by atoms with E-state index < -0.39 is 20.6 Å². The summed E-state index contributed by atoms with van der Waals surface area (Å²) in [4.78, 5) is 14.3. The molecular formula is C15H31NO7P2. The Morgan fingerprint density at radius 3 is 1.52 bits per heavy atom. The second-order valence-electron chi connectivity index (χ2n) is 5.52. The number of carbonyl (C=O) groups is 1. The van der Waals surface area contributed by atoms with Gasteiger partial charge in [-0.1, -0.05) is 0 Å². The highest BCUT2D eigenvalue weighted by Crippen LogP contribution is 2.71. The average Bonchev–Trinajstić information content (AvgIpc) is 3.07. The predicted octanol–water partition coefficient (Wildman–Crippen LogP) is 3.86. The summed E-state index contributed by atoms with van der Waals surface area (Å²) in [5.74, 6) is -0.234. The summed E-state index contributed by atoms with van der Waals surface area (Å²) < 4.78 is 48.1. The van der Waals surface area contributed by atoms with Gasteiger partial charge in [0.1, 0.15) is 0 Å². The third kappa shape index (κ3) is 6.16. The van der Waals surface area contributed by atoms with Crippen LogP contribution in [0.1, 0.15) is 47.0 Å². The Kier molecular flexibility index (Phi) is 9.86. The second-order valence-corrected chi connectivity index (χ2v) is 10.4. The van der Waals surface area contributed by atoms with E-state index in [2.05, 4.69) is 0 Å². The molecule has 25 heavy (non-hydrogen) atoms. The van der Waals surface area contributed by atoms with Crippen LogP contribution in [0.25, 0.3) is 0 Å². The van der Waals surface area contributed by atoms with Crippen LogP contribution in [0.2, 0.25) is 0 Å². The fraction of sp³-hybridized carbons (Fsp3) is 0.933. The molecule has 1 amide bonds. The van der Waals surface area contributed by atoms with Crippen LogP contribution in [0.3, 0.4) is 0 Å². The van der Waals surface area contributed by atoms with E-state index >= 15 is 0 Å². The Labute approximate surface area is 150 Å². The first-order chi connectivity index (χ1) is 11.9. The van der Waals surface area contributed by atoms with E-state index in [4.69, 9.17) is 18.1 Å². The van der Waals surface area contributed by atoms with Crippen molar-refractivity contribution in [1.82, 2.24) is 4.90 Å². The van der Waals surface area contributed by atoms with Gasteiger partial charge in [0.05, 0.1) is 32.8 Å². The van der Waals surface area contributed by atoms with Crippen LogP contribution in [0.4, 0.5) is 0 Å². The van der Waals surface area contributed by atoms with Gasteiger partial charge in [0.15, 0.2) is 5.40 Å². The largest absolute Gasteiger partial charge is 0.346 e. The van der Waals surface area contributed by atoms with Crippen molar-refractivity contribution < 1.29 is 32.0 Å². The fourth-order valence-corrected chi connectivity index (χ4v) is 8.01. The molecule has 0 bridgehead atoms. The fourth-order valence-electron chi connectivity index (χ4n) is 2.79. The summed E-state index contributed by atoms with van der Waals surface area (Å²) in [7, 11) is -7.73. The lowest BCUT2D eigenvalue weighted by Crippen LogP contribution is -2.32. The molecule has 0 aliphatic carbocycles. The first-order valence-corrected chi connectivity index (χ1v) is 12.1. The number of nitrogens with zero attached hydrogens (tertiary/aromatic N) is 1. The van der Waals surface area contributed by atoms with Gasteiger partial charge in [-0.15, -0.1) is 0 Å². The van der Waals surface area contributed by atoms with Crippen molar-refractivity contribution in [3.8, 4) is 0 Å². The molecular weight excluding hydrogens is 368 g/mol. The van der Waals surface area contributed by atoms with E-state index in [1.54, 1.807) is 32.6 Å². The molecule has 1 rings (SSSR count). The molecule has 0 spiro atoms. The van der Waals surface area contributed by atoms with Gasteiger partial charge in [0, 0.05) is 13.1 Å². The number of carbonyl (C=O) groups excluding carboxylic acids is 1. The Hall–Kier alpha value is -0.230. The minimum atomic E-state index is -3.87. The number of hydrogen-bond donors (Lipinski definition) is 0. The molecule has 0 aromatic heterocycles. The molecule has 0 unspecified atom stereocenters. The Morgan fingerprint density at radius 1 is 0.840 bits per heavy atom. The van der Waals surface area contributed by atoms with Crippen LogP contribution >= 0.6 is 15.2 Å². The average molecular weight is 399 g/mol. The van der Waals surface area contributed by atoms with E-state index in [1.807, 2.05) is 0 Å². The molecule has 1 heterocycles. The molecule has 10 heteroatoms. The zero-order valence-electron chi connectivity index (χ0n) is 15.6. The van der Waals surface area contributed by atoms with Crippen LogP contribution in [0.15, 0.2) is 0 Å². The Bertz CT molecular complexity index is 458. The van der Waals surface area contributed by atoms with Gasteiger partial charge < -0.3 is 23.0 Å². The lowest BCUT2D eigenvalue weighted by Gasteiger charge is -2.31. The zero-order valence-corrected chi connectivity index (χ0v) is 17.4. The normalized spacial score (nSPS) is 16.0. The summed E-state index contributed by atoms with van der Waals surface area (Å²) >= 11 is 0. The zero-order chi connectivity index (χ0) is 18.9. The maximum Gasteiger partial charge on any atom is 0.346 e. The van der Waals surface area contributed by atoms with Gasteiger partial charge in [0.2, 0.25) is 5.91 Å². The van der Waals surface area contributed by atoms with Crippen molar-refractivity contribution in [3.63, 3.8) is 0 Å². The van der Waals surface area contributed by atoms with Crippen LogP contribution < -0.4 is 0 Å². The number of likely N-dealkylation sites (tertiary alicyclic amines) is 1. The number of amides is 1. The van der Waals surface area contributed by atoms with Crippen molar-refractivity contribution in [3.05, 3.63) is 0 Å². The lowest BCUT2D eigenvalue weighted by atomic mass is 10.4. The predicted molar refractivity (Wildman–Crippen MR) is 95.9 cm³/mol. The smallest absolute Gasteiger partial charge is 0.343 e. The summed E-state index contributed by atoms with van der Waals surface area (Å²) in [6.45, 7) is 8.35.